The van der Waals surface area contributed by atoms with Crippen LogP contribution in [0.2, 0.25) is 0 Å². The number of nitrogens with zero attached hydrogens (tertiary/aromatic N) is 3. The first-order valence-corrected chi connectivity index (χ1v) is 8.90. The van der Waals surface area contributed by atoms with Gasteiger partial charge in [0.05, 0.1) is 0 Å². The minimum atomic E-state index is -0.415. The fourth-order valence-electron chi connectivity index (χ4n) is 3.98. The lowest BCUT2D eigenvalue weighted by molar-refractivity contribution is 0.100. The van der Waals surface area contributed by atoms with Crippen molar-refractivity contribution in [2.24, 2.45) is 16.5 Å². The van der Waals surface area contributed by atoms with Crippen LogP contribution in [0.1, 0.15) is 23.2 Å². The number of benzene rings is 2. The molecule has 6 heteroatoms. The maximum Gasteiger partial charge on any atom is 0.280 e. The highest BCUT2D eigenvalue weighted by atomic mass is 16.1. The standard InChI is InChI=1S/C20H23N5O/c1-24-10-4-5-14(24)12-25-17-7-3-2-6-15(17)16-9-8-13(11-18(16)25)19(26)23-20(21)22/h2-3,6-9,11,14H,4-5,10,12H2,1H3,(H4,21,22,23,26)/t14-/m0/s1. The van der Waals surface area contributed by atoms with E-state index in [2.05, 4.69) is 39.7 Å². The second-order valence-corrected chi connectivity index (χ2v) is 6.98. The van der Waals surface area contributed by atoms with Gasteiger partial charge in [0.1, 0.15) is 0 Å². The number of rotatable bonds is 3. The molecule has 134 valence electrons. The van der Waals surface area contributed by atoms with Crippen molar-refractivity contribution < 1.29 is 4.79 Å². The average molecular weight is 349 g/mol. The predicted molar refractivity (Wildman–Crippen MR) is 105 cm³/mol. The van der Waals surface area contributed by atoms with Gasteiger partial charge in [0.25, 0.3) is 5.91 Å². The quantitative estimate of drug-likeness (QED) is 0.561. The number of amides is 1. The molecule has 26 heavy (non-hydrogen) atoms. The number of likely N-dealkylation sites (tertiary alicyclic amines) is 1. The Balaban J connectivity index is 1.88. The van der Waals surface area contributed by atoms with E-state index in [1.165, 1.54) is 23.7 Å². The number of fused-ring (bicyclic) bond motifs is 3. The van der Waals surface area contributed by atoms with E-state index in [0.717, 1.165) is 24.0 Å². The van der Waals surface area contributed by atoms with Crippen molar-refractivity contribution in [1.29, 1.82) is 0 Å². The van der Waals surface area contributed by atoms with Gasteiger partial charge in [-0.05, 0) is 44.6 Å². The number of likely N-dealkylation sites (N-methyl/N-ethyl adjacent to an activating group) is 1. The first-order valence-electron chi connectivity index (χ1n) is 8.90. The summed E-state index contributed by atoms with van der Waals surface area (Å²) < 4.78 is 2.32. The molecule has 1 fully saturated rings. The highest BCUT2D eigenvalue weighted by molar-refractivity contribution is 6.11. The number of hydrogen-bond acceptors (Lipinski definition) is 2. The zero-order valence-electron chi connectivity index (χ0n) is 14.9. The molecule has 0 bridgehead atoms. The number of guanidine groups is 1. The highest BCUT2D eigenvalue weighted by Crippen LogP contribution is 2.31. The molecule has 0 radical (unpaired) electrons. The van der Waals surface area contributed by atoms with Gasteiger partial charge in [0.2, 0.25) is 0 Å². The van der Waals surface area contributed by atoms with Crippen molar-refractivity contribution in [3.8, 4) is 0 Å². The third kappa shape index (κ3) is 2.82. The maximum atomic E-state index is 12.3. The molecule has 2 heterocycles. The molecular weight excluding hydrogens is 326 g/mol. The van der Waals surface area contributed by atoms with E-state index >= 15 is 0 Å². The molecule has 2 aromatic carbocycles. The second kappa shape index (κ2) is 6.46. The van der Waals surface area contributed by atoms with Crippen LogP contribution in [0.5, 0.6) is 0 Å². The smallest absolute Gasteiger partial charge is 0.280 e. The van der Waals surface area contributed by atoms with Crippen LogP contribution in [-0.4, -0.2) is 41.0 Å². The molecule has 0 aliphatic carbocycles. The Kier molecular flexibility index (Phi) is 4.12. The Morgan fingerprint density at radius 3 is 2.65 bits per heavy atom. The molecule has 0 saturated carbocycles. The van der Waals surface area contributed by atoms with Gasteiger partial charge in [-0.3, -0.25) is 4.79 Å². The van der Waals surface area contributed by atoms with Crippen molar-refractivity contribution in [3.63, 3.8) is 0 Å². The summed E-state index contributed by atoms with van der Waals surface area (Å²) in [5.41, 5.74) is 13.4. The Morgan fingerprint density at radius 1 is 1.15 bits per heavy atom. The number of aromatic nitrogens is 1. The topological polar surface area (TPSA) is 89.6 Å². The zero-order chi connectivity index (χ0) is 18.3. The first-order chi connectivity index (χ1) is 12.5. The maximum absolute atomic E-state index is 12.3. The summed E-state index contributed by atoms with van der Waals surface area (Å²) in [6.07, 6.45) is 2.42. The zero-order valence-corrected chi connectivity index (χ0v) is 14.9. The normalized spacial score (nSPS) is 17.8. The summed E-state index contributed by atoms with van der Waals surface area (Å²) in [5.74, 6) is -0.634. The van der Waals surface area contributed by atoms with Gasteiger partial charge in [-0.2, -0.15) is 4.99 Å². The lowest BCUT2D eigenvalue weighted by Crippen LogP contribution is -2.29. The Bertz CT molecular complexity index is 1020. The number of para-hydroxylation sites is 1. The van der Waals surface area contributed by atoms with E-state index in [0.29, 0.717) is 11.6 Å². The van der Waals surface area contributed by atoms with Crippen molar-refractivity contribution in [2.45, 2.75) is 25.4 Å². The predicted octanol–water partition coefficient (Wildman–Crippen LogP) is 2.30. The molecular formula is C20H23N5O. The minimum Gasteiger partial charge on any atom is -0.370 e. The average Bonchev–Trinajstić information content (AvgIpc) is 3.16. The number of hydrogen-bond donors (Lipinski definition) is 2. The summed E-state index contributed by atoms with van der Waals surface area (Å²) >= 11 is 0. The van der Waals surface area contributed by atoms with E-state index in [4.69, 9.17) is 11.5 Å². The summed E-state index contributed by atoms with van der Waals surface area (Å²) in [4.78, 5) is 18.3. The lowest BCUT2D eigenvalue weighted by Gasteiger charge is -2.21. The fourth-order valence-corrected chi connectivity index (χ4v) is 3.98. The van der Waals surface area contributed by atoms with E-state index < -0.39 is 5.91 Å². The Labute approximate surface area is 152 Å². The Hall–Kier alpha value is -2.86. The van der Waals surface area contributed by atoms with Crippen LogP contribution < -0.4 is 11.5 Å². The van der Waals surface area contributed by atoms with Gasteiger partial charge >= 0.3 is 0 Å². The van der Waals surface area contributed by atoms with Crippen molar-refractivity contribution in [1.82, 2.24) is 9.47 Å². The van der Waals surface area contributed by atoms with Crippen LogP contribution in [0.25, 0.3) is 21.8 Å². The van der Waals surface area contributed by atoms with Crippen molar-refractivity contribution in [2.75, 3.05) is 13.6 Å². The molecule has 3 aromatic rings. The van der Waals surface area contributed by atoms with Gasteiger partial charge < -0.3 is 20.9 Å². The van der Waals surface area contributed by atoms with Gasteiger partial charge in [-0.25, -0.2) is 0 Å². The molecule has 1 aliphatic rings. The third-order valence-corrected chi connectivity index (χ3v) is 5.32. The highest BCUT2D eigenvalue weighted by Gasteiger charge is 2.23. The molecule has 0 spiro atoms. The SMILES string of the molecule is CN1CCC[C@H]1Cn1c2ccccc2c2ccc(C(=O)N=C(N)N)cc21. The molecule has 1 atom stereocenters. The first kappa shape index (κ1) is 16.6. The molecule has 6 nitrogen and oxygen atoms in total. The Morgan fingerprint density at radius 2 is 1.92 bits per heavy atom. The third-order valence-electron chi connectivity index (χ3n) is 5.32. The second-order valence-electron chi connectivity index (χ2n) is 6.98. The van der Waals surface area contributed by atoms with Crippen LogP contribution in [0, 0.1) is 0 Å². The number of aliphatic imine (C=N–C) groups is 1. The lowest BCUT2D eigenvalue weighted by atomic mass is 10.1. The van der Waals surface area contributed by atoms with E-state index in [1.807, 2.05) is 18.2 Å². The van der Waals surface area contributed by atoms with E-state index in [-0.39, 0.29) is 5.96 Å². The van der Waals surface area contributed by atoms with Crippen LogP contribution in [-0.2, 0) is 6.54 Å². The van der Waals surface area contributed by atoms with Crippen molar-refractivity contribution >= 4 is 33.7 Å². The molecule has 0 unspecified atom stereocenters. The van der Waals surface area contributed by atoms with Crippen LogP contribution in [0.15, 0.2) is 47.5 Å². The molecule has 4 rings (SSSR count). The van der Waals surface area contributed by atoms with Gasteiger partial charge in [-0.1, -0.05) is 24.3 Å². The van der Waals surface area contributed by atoms with Gasteiger partial charge in [0.15, 0.2) is 5.96 Å². The summed E-state index contributed by atoms with van der Waals surface area (Å²) in [7, 11) is 2.18. The monoisotopic (exact) mass is 349 g/mol. The van der Waals surface area contributed by atoms with E-state index in [9.17, 15) is 4.79 Å². The van der Waals surface area contributed by atoms with Crippen LogP contribution >= 0.6 is 0 Å². The van der Waals surface area contributed by atoms with Crippen LogP contribution in [0.4, 0.5) is 0 Å². The fraction of sp³-hybridized carbons (Fsp3) is 0.300. The number of carbonyl (C=O) groups excluding carboxylic acids is 1. The molecule has 1 aliphatic heterocycles. The molecule has 1 aromatic heterocycles. The molecule has 1 saturated heterocycles. The summed E-state index contributed by atoms with van der Waals surface area (Å²) in [6.45, 7) is 2.04. The minimum absolute atomic E-state index is 0.219. The largest absolute Gasteiger partial charge is 0.370 e. The van der Waals surface area contributed by atoms with Gasteiger partial charge in [-0.15, -0.1) is 0 Å². The van der Waals surface area contributed by atoms with Crippen LogP contribution in [0.3, 0.4) is 0 Å². The van der Waals surface area contributed by atoms with Crippen molar-refractivity contribution in [3.05, 3.63) is 48.0 Å². The van der Waals surface area contributed by atoms with Gasteiger partial charge in [0, 0.05) is 40.0 Å². The number of carbonyl (C=O) groups is 1. The summed E-state index contributed by atoms with van der Waals surface area (Å²) in [6, 6.07) is 14.6. The molecule has 4 N–H and O–H groups in total. The number of nitrogens with two attached hydrogens (primary N) is 2. The molecule has 1 amide bonds. The summed E-state index contributed by atoms with van der Waals surface area (Å²) in [5, 5.41) is 2.34. The van der Waals surface area contributed by atoms with E-state index in [1.54, 1.807) is 6.07 Å².